The Morgan fingerprint density at radius 2 is 1.64 bits per heavy atom. The quantitative estimate of drug-likeness (QED) is 0.399. The van der Waals surface area contributed by atoms with Gasteiger partial charge >= 0.3 is 12.0 Å². The summed E-state index contributed by atoms with van der Waals surface area (Å²) in [5.41, 5.74) is 3.01. The zero-order chi connectivity index (χ0) is 24.8. The number of hydrogen-bond donors (Lipinski definition) is 3. The molecule has 2 aromatic rings. The van der Waals surface area contributed by atoms with Crippen molar-refractivity contribution in [2.45, 2.75) is 32.6 Å². The van der Waals surface area contributed by atoms with Gasteiger partial charge in [0.1, 0.15) is 0 Å². The molecule has 0 spiro atoms. The van der Waals surface area contributed by atoms with Crippen LogP contribution in [-0.4, -0.2) is 39.5 Å². The van der Waals surface area contributed by atoms with Crippen LogP contribution in [0.2, 0.25) is 0 Å². The van der Waals surface area contributed by atoms with E-state index in [0.717, 1.165) is 5.56 Å². The number of anilines is 1. The largest absolute Gasteiger partial charge is 0.452 e. The predicted molar refractivity (Wildman–Crippen MR) is 125 cm³/mol. The van der Waals surface area contributed by atoms with Crippen molar-refractivity contribution in [1.29, 1.82) is 0 Å². The van der Waals surface area contributed by atoms with Gasteiger partial charge in [-0.15, -0.1) is 6.58 Å². The minimum atomic E-state index is -3.92. The fraction of sp³-hybridized carbons (Fsp3) is 0.261. The van der Waals surface area contributed by atoms with E-state index in [1.54, 1.807) is 39.0 Å². The predicted octanol–water partition coefficient (Wildman–Crippen LogP) is 2.89. The SMILES string of the molecule is C=CCNC(=O)NC(=O)COC(=O)c1ccc(C)c(NS(=O)(=O)c2c(C)cc(C)cc2C)c1. The summed E-state index contributed by atoms with van der Waals surface area (Å²) in [5, 5.41) is 4.35. The molecular weight excluding hydrogens is 446 g/mol. The molecule has 0 saturated heterocycles. The molecule has 0 aromatic heterocycles. The summed E-state index contributed by atoms with van der Waals surface area (Å²) in [4.78, 5) is 35.7. The van der Waals surface area contributed by atoms with E-state index in [9.17, 15) is 22.8 Å². The molecule has 9 nitrogen and oxygen atoms in total. The molecule has 0 radical (unpaired) electrons. The van der Waals surface area contributed by atoms with Crippen LogP contribution in [0.1, 0.15) is 32.6 Å². The average Bonchev–Trinajstić information content (AvgIpc) is 2.70. The molecule has 2 rings (SSSR count). The lowest BCUT2D eigenvalue weighted by molar-refractivity contribution is -0.123. The minimum absolute atomic E-state index is 0.0413. The number of rotatable bonds is 8. The molecule has 33 heavy (non-hydrogen) atoms. The van der Waals surface area contributed by atoms with Gasteiger partial charge in [0.05, 0.1) is 16.1 Å². The first-order chi connectivity index (χ1) is 15.4. The number of carbonyl (C=O) groups is 3. The van der Waals surface area contributed by atoms with Crippen molar-refractivity contribution in [3.63, 3.8) is 0 Å². The highest BCUT2D eigenvalue weighted by Gasteiger charge is 2.22. The van der Waals surface area contributed by atoms with Gasteiger partial charge in [-0.3, -0.25) is 14.8 Å². The number of nitrogens with one attached hydrogen (secondary N) is 3. The van der Waals surface area contributed by atoms with Gasteiger partial charge in [-0.2, -0.15) is 0 Å². The number of imide groups is 1. The van der Waals surface area contributed by atoms with E-state index in [-0.39, 0.29) is 22.7 Å². The Hall–Kier alpha value is -3.66. The summed E-state index contributed by atoms with van der Waals surface area (Å²) in [6, 6.07) is 7.17. The van der Waals surface area contributed by atoms with Crippen LogP contribution in [0.5, 0.6) is 0 Å². The Kier molecular flexibility index (Phi) is 8.36. The van der Waals surface area contributed by atoms with Crippen LogP contribution in [0, 0.1) is 27.7 Å². The highest BCUT2D eigenvalue weighted by atomic mass is 32.2. The lowest BCUT2D eigenvalue weighted by Gasteiger charge is -2.16. The molecule has 0 heterocycles. The van der Waals surface area contributed by atoms with E-state index in [2.05, 4.69) is 16.6 Å². The van der Waals surface area contributed by atoms with Crippen LogP contribution in [-0.2, 0) is 19.6 Å². The molecule has 0 unspecified atom stereocenters. The number of aryl methyl sites for hydroxylation is 4. The Balaban J connectivity index is 2.14. The summed E-state index contributed by atoms with van der Waals surface area (Å²) in [5.74, 6) is -1.66. The summed E-state index contributed by atoms with van der Waals surface area (Å²) in [6.45, 7) is 9.93. The molecule has 0 bridgehead atoms. The van der Waals surface area contributed by atoms with E-state index in [1.165, 1.54) is 18.2 Å². The van der Waals surface area contributed by atoms with Crippen LogP contribution >= 0.6 is 0 Å². The van der Waals surface area contributed by atoms with Crippen LogP contribution in [0.15, 0.2) is 47.9 Å². The van der Waals surface area contributed by atoms with E-state index in [1.807, 2.05) is 12.2 Å². The second-order valence-corrected chi connectivity index (χ2v) is 9.11. The first-order valence-electron chi connectivity index (χ1n) is 10.0. The maximum absolute atomic E-state index is 13.1. The molecule has 3 amide bonds. The number of sulfonamides is 1. The zero-order valence-electron chi connectivity index (χ0n) is 18.9. The summed E-state index contributed by atoms with van der Waals surface area (Å²) >= 11 is 0. The molecule has 0 aliphatic heterocycles. The fourth-order valence-electron chi connectivity index (χ4n) is 3.23. The molecule has 0 fully saturated rings. The summed E-state index contributed by atoms with van der Waals surface area (Å²) < 4.78 is 33.6. The molecule has 176 valence electrons. The van der Waals surface area contributed by atoms with E-state index in [0.29, 0.717) is 16.7 Å². The van der Waals surface area contributed by atoms with Crippen LogP contribution in [0.25, 0.3) is 0 Å². The van der Waals surface area contributed by atoms with E-state index in [4.69, 9.17) is 4.74 Å². The van der Waals surface area contributed by atoms with Crippen molar-refractivity contribution in [3.05, 3.63) is 70.8 Å². The van der Waals surface area contributed by atoms with Gasteiger partial charge < -0.3 is 10.1 Å². The molecule has 0 saturated carbocycles. The molecule has 3 N–H and O–H groups in total. The third-order valence-corrected chi connectivity index (χ3v) is 6.26. The van der Waals surface area contributed by atoms with Crippen molar-refractivity contribution < 1.29 is 27.5 Å². The lowest BCUT2D eigenvalue weighted by atomic mass is 10.1. The summed E-state index contributed by atoms with van der Waals surface area (Å²) in [7, 11) is -3.92. The molecular formula is C23H27N3O6S. The Labute approximate surface area is 193 Å². The van der Waals surface area contributed by atoms with Crippen molar-refractivity contribution in [1.82, 2.24) is 10.6 Å². The first-order valence-corrected chi connectivity index (χ1v) is 11.5. The monoisotopic (exact) mass is 473 g/mol. The second kappa shape index (κ2) is 10.8. The number of ether oxygens (including phenoxy) is 1. The van der Waals surface area contributed by atoms with Crippen molar-refractivity contribution in [3.8, 4) is 0 Å². The topological polar surface area (TPSA) is 131 Å². The van der Waals surface area contributed by atoms with Crippen LogP contribution in [0.3, 0.4) is 0 Å². The van der Waals surface area contributed by atoms with Gasteiger partial charge in [0.2, 0.25) is 0 Å². The zero-order valence-corrected chi connectivity index (χ0v) is 19.8. The number of carbonyl (C=O) groups excluding carboxylic acids is 3. The van der Waals surface area contributed by atoms with Crippen molar-refractivity contribution >= 4 is 33.6 Å². The molecule has 2 aromatic carbocycles. The Bertz CT molecular complexity index is 1180. The van der Waals surface area contributed by atoms with Gasteiger partial charge in [0.25, 0.3) is 15.9 Å². The van der Waals surface area contributed by atoms with E-state index >= 15 is 0 Å². The van der Waals surface area contributed by atoms with E-state index < -0.39 is 34.5 Å². The number of hydrogen-bond acceptors (Lipinski definition) is 6. The maximum Gasteiger partial charge on any atom is 0.338 e. The molecule has 0 aliphatic carbocycles. The van der Waals surface area contributed by atoms with Crippen molar-refractivity contribution in [2.75, 3.05) is 17.9 Å². The smallest absolute Gasteiger partial charge is 0.338 e. The molecule has 10 heteroatoms. The highest BCUT2D eigenvalue weighted by Crippen LogP contribution is 2.26. The van der Waals surface area contributed by atoms with Gasteiger partial charge in [-0.25, -0.2) is 18.0 Å². The highest BCUT2D eigenvalue weighted by molar-refractivity contribution is 7.92. The molecule has 0 aliphatic rings. The maximum atomic E-state index is 13.1. The second-order valence-electron chi connectivity index (χ2n) is 7.49. The minimum Gasteiger partial charge on any atom is -0.452 e. The van der Waals surface area contributed by atoms with Crippen LogP contribution in [0.4, 0.5) is 10.5 Å². The number of urea groups is 1. The van der Waals surface area contributed by atoms with Gasteiger partial charge in [-0.05, 0) is 56.5 Å². The Morgan fingerprint density at radius 3 is 2.24 bits per heavy atom. The number of benzene rings is 2. The average molecular weight is 474 g/mol. The third kappa shape index (κ3) is 6.91. The third-order valence-electron chi connectivity index (χ3n) is 4.59. The van der Waals surface area contributed by atoms with Gasteiger partial charge in [-0.1, -0.05) is 29.8 Å². The first kappa shape index (κ1) is 25.6. The lowest BCUT2D eigenvalue weighted by Crippen LogP contribution is -2.41. The number of esters is 1. The fourth-order valence-corrected chi connectivity index (χ4v) is 4.81. The van der Waals surface area contributed by atoms with Crippen molar-refractivity contribution in [2.24, 2.45) is 0 Å². The molecule has 0 atom stereocenters. The normalized spacial score (nSPS) is 10.8. The number of amides is 3. The Morgan fingerprint density at radius 1 is 1.00 bits per heavy atom. The van der Waals surface area contributed by atoms with Gasteiger partial charge in [0.15, 0.2) is 6.61 Å². The van der Waals surface area contributed by atoms with Gasteiger partial charge in [0, 0.05) is 6.54 Å². The summed E-state index contributed by atoms with van der Waals surface area (Å²) in [6.07, 6.45) is 1.44. The van der Waals surface area contributed by atoms with Crippen LogP contribution < -0.4 is 15.4 Å². The standard InChI is InChI=1S/C23H27N3O6S/c1-6-9-24-23(29)25-20(27)13-32-22(28)18-8-7-15(3)19(12-18)26-33(30,31)21-16(4)10-14(2)11-17(21)5/h6-8,10-12,26H,1,9,13H2,2-5H3,(H2,24,25,27,29).